The molecule has 2 heterocycles. The monoisotopic (exact) mass is 666 g/mol. The fraction of sp³-hybridized carbons (Fsp3) is 0. The Morgan fingerprint density at radius 1 is 0.365 bits per heavy atom. The van der Waals surface area contributed by atoms with E-state index >= 15 is 0 Å². The summed E-state index contributed by atoms with van der Waals surface area (Å²) in [7, 11) is 0. The number of aromatic nitrogens is 3. The first-order valence-electron chi connectivity index (χ1n) is 17.4. The number of hydrogen-bond acceptors (Lipinski definition) is 5. The van der Waals surface area contributed by atoms with Gasteiger partial charge in [-0.25, -0.2) is 15.0 Å². The van der Waals surface area contributed by atoms with E-state index in [9.17, 15) is 0 Å². The van der Waals surface area contributed by atoms with Crippen molar-refractivity contribution in [3.05, 3.63) is 182 Å². The SMILES string of the molecule is c1ccc(-c2nc(-c3ccccc3)nc(-c3cc(N(c4ccccc4)c4ccc5ccccc5c4)c4oc5cc6ccccc6cc5c4c3)n2)cc1. The number of para-hydroxylation sites is 1. The van der Waals surface area contributed by atoms with Crippen molar-refractivity contribution in [2.45, 2.75) is 0 Å². The molecule has 52 heavy (non-hydrogen) atoms. The van der Waals surface area contributed by atoms with Crippen LogP contribution in [0.3, 0.4) is 0 Å². The highest BCUT2D eigenvalue weighted by molar-refractivity contribution is 6.15. The van der Waals surface area contributed by atoms with Crippen molar-refractivity contribution >= 4 is 60.5 Å². The van der Waals surface area contributed by atoms with Crippen molar-refractivity contribution in [2.75, 3.05) is 4.90 Å². The summed E-state index contributed by atoms with van der Waals surface area (Å²) in [6.45, 7) is 0. The second-order valence-corrected chi connectivity index (χ2v) is 12.9. The summed E-state index contributed by atoms with van der Waals surface area (Å²) < 4.78 is 6.89. The minimum Gasteiger partial charge on any atom is -0.454 e. The topological polar surface area (TPSA) is 55.1 Å². The van der Waals surface area contributed by atoms with Crippen LogP contribution in [0.5, 0.6) is 0 Å². The lowest BCUT2D eigenvalue weighted by atomic mass is 10.0. The van der Waals surface area contributed by atoms with Crippen LogP contribution < -0.4 is 4.90 Å². The van der Waals surface area contributed by atoms with Crippen LogP contribution in [-0.2, 0) is 0 Å². The molecule has 0 bridgehead atoms. The summed E-state index contributed by atoms with van der Waals surface area (Å²) in [6.07, 6.45) is 0. The molecule has 0 spiro atoms. The molecule has 0 aliphatic rings. The van der Waals surface area contributed by atoms with Gasteiger partial charge in [-0.05, 0) is 70.1 Å². The van der Waals surface area contributed by atoms with Crippen molar-refractivity contribution in [3.63, 3.8) is 0 Å². The summed E-state index contributed by atoms with van der Waals surface area (Å²) in [4.78, 5) is 17.5. The predicted octanol–water partition coefficient (Wildman–Crippen LogP) is 12.5. The molecule has 0 amide bonds. The fourth-order valence-corrected chi connectivity index (χ4v) is 7.10. The molecule has 0 saturated heterocycles. The van der Waals surface area contributed by atoms with Gasteiger partial charge in [0.05, 0.1) is 5.69 Å². The molecule has 8 aromatic carbocycles. The van der Waals surface area contributed by atoms with Crippen LogP contribution in [-0.4, -0.2) is 15.0 Å². The Kier molecular flexibility index (Phi) is 7.07. The van der Waals surface area contributed by atoms with Gasteiger partial charge in [-0.3, -0.25) is 0 Å². The second kappa shape index (κ2) is 12.3. The average molecular weight is 667 g/mol. The van der Waals surface area contributed by atoms with E-state index in [2.05, 4.69) is 120 Å². The molecule has 10 aromatic rings. The number of rotatable bonds is 6. The van der Waals surface area contributed by atoms with Gasteiger partial charge >= 0.3 is 0 Å². The molecule has 2 aromatic heterocycles. The van der Waals surface area contributed by atoms with Crippen molar-refractivity contribution in [1.82, 2.24) is 15.0 Å². The molecule has 5 nitrogen and oxygen atoms in total. The van der Waals surface area contributed by atoms with Crippen LogP contribution in [0.1, 0.15) is 0 Å². The summed E-state index contributed by atoms with van der Waals surface area (Å²) in [6, 6.07) is 62.8. The van der Waals surface area contributed by atoms with Crippen molar-refractivity contribution in [2.24, 2.45) is 0 Å². The summed E-state index contributed by atoms with van der Waals surface area (Å²) >= 11 is 0. The smallest absolute Gasteiger partial charge is 0.164 e. The normalized spacial score (nSPS) is 11.5. The third kappa shape index (κ3) is 5.24. The summed E-state index contributed by atoms with van der Waals surface area (Å²) in [5.41, 5.74) is 7.22. The van der Waals surface area contributed by atoms with E-state index < -0.39 is 0 Å². The number of furan rings is 1. The molecule has 5 heteroatoms. The number of hydrogen-bond donors (Lipinski definition) is 0. The van der Waals surface area contributed by atoms with Gasteiger partial charge in [0.1, 0.15) is 5.58 Å². The zero-order valence-electron chi connectivity index (χ0n) is 28.0. The van der Waals surface area contributed by atoms with Gasteiger partial charge in [0.15, 0.2) is 23.1 Å². The molecule has 0 unspecified atom stereocenters. The van der Waals surface area contributed by atoms with Gasteiger partial charge in [0.25, 0.3) is 0 Å². The summed E-state index contributed by atoms with van der Waals surface area (Å²) in [5, 5.41) is 6.63. The number of benzene rings is 8. The Balaban J connectivity index is 1.29. The molecule has 0 N–H and O–H groups in total. The van der Waals surface area contributed by atoms with E-state index in [1.165, 1.54) is 5.39 Å². The third-order valence-corrected chi connectivity index (χ3v) is 9.62. The first-order chi connectivity index (χ1) is 25.7. The number of fused-ring (bicyclic) bond motifs is 5. The molecule has 0 saturated carbocycles. The average Bonchev–Trinajstić information content (AvgIpc) is 3.58. The lowest BCUT2D eigenvalue weighted by Gasteiger charge is -2.26. The molecule has 244 valence electrons. The first kappa shape index (κ1) is 29.8. The Morgan fingerprint density at radius 2 is 0.885 bits per heavy atom. The molecule has 0 atom stereocenters. The van der Waals surface area contributed by atoms with Crippen LogP contribution in [0.2, 0.25) is 0 Å². The van der Waals surface area contributed by atoms with Gasteiger partial charge < -0.3 is 9.32 Å². The summed E-state index contributed by atoms with van der Waals surface area (Å²) in [5.74, 6) is 1.81. The Bertz CT molecular complexity index is 2850. The molecule has 0 fully saturated rings. The third-order valence-electron chi connectivity index (χ3n) is 9.62. The zero-order chi connectivity index (χ0) is 34.4. The van der Waals surface area contributed by atoms with E-state index in [4.69, 9.17) is 19.4 Å². The quantitative estimate of drug-likeness (QED) is 0.177. The van der Waals surface area contributed by atoms with Gasteiger partial charge in [0.2, 0.25) is 0 Å². The lowest BCUT2D eigenvalue weighted by molar-refractivity contribution is 0.669. The lowest BCUT2D eigenvalue weighted by Crippen LogP contribution is -2.10. The van der Waals surface area contributed by atoms with Gasteiger partial charge in [-0.1, -0.05) is 133 Å². The number of nitrogens with zero attached hydrogens (tertiary/aromatic N) is 4. The molecular weight excluding hydrogens is 637 g/mol. The maximum absolute atomic E-state index is 6.89. The van der Waals surface area contributed by atoms with Crippen LogP contribution in [0, 0.1) is 0 Å². The van der Waals surface area contributed by atoms with E-state index in [0.717, 1.165) is 71.8 Å². The van der Waals surface area contributed by atoms with Crippen molar-refractivity contribution in [3.8, 4) is 34.2 Å². The van der Waals surface area contributed by atoms with Crippen LogP contribution in [0.25, 0.3) is 77.6 Å². The highest BCUT2D eigenvalue weighted by atomic mass is 16.3. The Labute approximate surface area is 300 Å². The Morgan fingerprint density at radius 3 is 1.52 bits per heavy atom. The van der Waals surface area contributed by atoms with E-state index in [-0.39, 0.29) is 0 Å². The van der Waals surface area contributed by atoms with Gasteiger partial charge in [-0.2, -0.15) is 0 Å². The minimum absolute atomic E-state index is 0.581. The molecule has 10 rings (SSSR count). The van der Waals surface area contributed by atoms with E-state index in [1.54, 1.807) is 0 Å². The van der Waals surface area contributed by atoms with Crippen molar-refractivity contribution in [1.29, 1.82) is 0 Å². The minimum atomic E-state index is 0.581. The van der Waals surface area contributed by atoms with E-state index in [1.807, 2.05) is 66.7 Å². The van der Waals surface area contributed by atoms with Crippen LogP contribution in [0.15, 0.2) is 186 Å². The molecule has 0 radical (unpaired) electrons. The van der Waals surface area contributed by atoms with E-state index in [0.29, 0.717) is 17.5 Å². The highest BCUT2D eigenvalue weighted by Crippen LogP contribution is 2.45. The number of anilines is 3. The predicted molar refractivity (Wildman–Crippen MR) is 213 cm³/mol. The van der Waals surface area contributed by atoms with Crippen LogP contribution >= 0.6 is 0 Å². The first-order valence-corrected chi connectivity index (χ1v) is 17.4. The standard InChI is InChI=1S/C47H30N4O/c1-4-15-32(16-5-1)45-48-46(33-17-6-2-7-18-33)50-47(49-45)37-28-41-40-27-35-20-12-13-21-36(35)30-43(40)52-44(41)42(29-37)51(38-22-8-3-9-23-38)39-25-24-31-14-10-11-19-34(31)26-39/h1-30H. The molecule has 0 aliphatic heterocycles. The maximum Gasteiger partial charge on any atom is 0.164 e. The molecular formula is C47H30N4O. The van der Waals surface area contributed by atoms with Crippen LogP contribution in [0.4, 0.5) is 17.1 Å². The largest absolute Gasteiger partial charge is 0.454 e. The fourth-order valence-electron chi connectivity index (χ4n) is 7.10. The maximum atomic E-state index is 6.89. The molecule has 0 aliphatic carbocycles. The second-order valence-electron chi connectivity index (χ2n) is 12.9. The van der Waals surface area contributed by atoms with Gasteiger partial charge in [-0.15, -0.1) is 0 Å². The Hall–Kier alpha value is -7.11. The highest BCUT2D eigenvalue weighted by Gasteiger charge is 2.23. The zero-order valence-corrected chi connectivity index (χ0v) is 28.0. The van der Waals surface area contributed by atoms with Crippen molar-refractivity contribution < 1.29 is 4.42 Å². The van der Waals surface area contributed by atoms with Gasteiger partial charge in [0, 0.05) is 38.8 Å².